The Morgan fingerprint density at radius 1 is 1.50 bits per heavy atom. The number of hydrogen-bond donors (Lipinski definition) is 1. The second-order valence-electron chi connectivity index (χ2n) is 4.27. The molecule has 0 radical (unpaired) electrons. The molecule has 0 spiro atoms. The van der Waals surface area contributed by atoms with Crippen LogP contribution in [-0.4, -0.2) is 23.6 Å². The number of nitrogens with zero attached hydrogens (tertiary/aromatic N) is 2. The highest BCUT2D eigenvalue weighted by Gasteiger charge is 2.26. The minimum absolute atomic E-state index is 0.342. The van der Waals surface area contributed by atoms with E-state index in [0.717, 1.165) is 18.2 Å². The number of nitrogens with one attached hydrogen (secondary N) is 1. The van der Waals surface area contributed by atoms with Gasteiger partial charge in [-0.05, 0) is 18.9 Å². The molecular formula is C12H19N3O. The van der Waals surface area contributed by atoms with Crippen LogP contribution >= 0.6 is 0 Å². The molecule has 1 aromatic rings. The van der Waals surface area contributed by atoms with Crippen LogP contribution in [-0.2, 0) is 0 Å². The van der Waals surface area contributed by atoms with Gasteiger partial charge in [-0.15, -0.1) is 0 Å². The summed E-state index contributed by atoms with van der Waals surface area (Å²) in [5.41, 5.74) is 1.04. The van der Waals surface area contributed by atoms with Crippen molar-refractivity contribution in [3.63, 3.8) is 0 Å². The van der Waals surface area contributed by atoms with Gasteiger partial charge in [0.2, 0.25) is 5.88 Å². The van der Waals surface area contributed by atoms with E-state index in [2.05, 4.69) is 22.2 Å². The molecule has 1 aliphatic carbocycles. The van der Waals surface area contributed by atoms with E-state index in [9.17, 15) is 0 Å². The van der Waals surface area contributed by atoms with Gasteiger partial charge >= 0.3 is 0 Å². The Labute approximate surface area is 96.4 Å². The van der Waals surface area contributed by atoms with Crippen LogP contribution in [0.1, 0.15) is 37.9 Å². The van der Waals surface area contributed by atoms with Gasteiger partial charge in [-0.3, -0.25) is 0 Å². The summed E-state index contributed by atoms with van der Waals surface area (Å²) in [6, 6.07) is 2.27. The monoisotopic (exact) mass is 221 g/mol. The minimum atomic E-state index is 0.342. The first kappa shape index (κ1) is 11.3. The second-order valence-corrected chi connectivity index (χ2v) is 4.27. The highest BCUT2D eigenvalue weighted by Crippen LogP contribution is 2.37. The summed E-state index contributed by atoms with van der Waals surface area (Å²) in [5, 5.41) is 3.48. The van der Waals surface area contributed by atoms with Crippen molar-refractivity contribution in [2.45, 2.75) is 32.2 Å². The molecule has 16 heavy (non-hydrogen) atoms. The topological polar surface area (TPSA) is 47.0 Å². The molecule has 4 nitrogen and oxygen atoms in total. The summed E-state index contributed by atoms with van der Waals surface area (Å²) in [5.74, 6) is 1.52. The van der Waals surface area contributed by atoms with Gasteiger partial charge in [0.15, 0.2) is 0 Å². The van der Waals surface area contributed by atoms with E-state index in [-0.39, 0.29) is 0 Å². The average molecular weight is 221 g/mol. The van der Waals surface area contributed by atoms with Crippen LogP contribution in [0.4, 0.5) is 0 Å². The summed E-state index contributed by atoms with van der Waals surface area (Å²) < 4.78 is 5.12. The summed E-state index contributed by atoms with van der Waals surface area (Å²) in [6.45, 7) is 3.09. The first-order chi connectivity index (χ1) is 7.83. The summed E-state index contributed by atoms with van der Waals surface area (Å²) in [4.78, 5) is 8.37. The van der Waals surface area contributed by atoms with E-state index in [0.29, 0.717) is 11.9 Å². The van der Waals surface area contributed by atoms with Gasteiger partial charge in [-0.1, -0.05) is 19.8 Å². The molecule has 0 aromatic carbocycles. The van der Waals surface area contributed by atoms with Crippen molar-refractivity contribution in [2.24, 2.45) is 5.92 Å². The maximum Gasteiger partial charge on any atom is 0.216 e. The van der Waals surface area contributed by atoms with Crippen LogP contribution in [0.15, 0.2) is 12.4 Å². The van der Waals surface area contributed by atoms with E-state index in [1.807, 2.05) is 6.07 Å². The van der Waals surface area contributed by atoms with Crippen LogP contribution in [0.2, 0.25) is 0 Å². The SMILES string of the molecule is CCNC(CC1CC1)c1cc(OC)ncn1. The van der Waals surface area contributed by atoms with E-state index >= 15 is 0 Å². The van der Waals surface area contributed by atoms with Crippen molar-refractivity contribution in [2.75, 3.05) is 13.7 Å². The average Bonchev–Trinajstić information content (AvgIpc) is 3.12. The Balaban J connectivity index is 2.08. The zero-order valence-corrected chi connectivity index (χ0v) is 9.94. The molecular weight excluding hydrogens is 202 g/mol. The Morgan fingerprint density at radius 3 is 2.94 bits per heavy atom. The maximum atomic E-state index is 5.12. The lowest BCUT2D eigenvalue weighted by Crippen LogP contribution is -2.22. The van der Waals surface area contributed by atoms with Crippen molar-refractivity contribution in [3.8, 4) is 5.88 Å². The quantitative estimate of drug-likeness (QED) is 0.797. The van der Waals surface area contributed by atoms with E-state index in [1.165, 1.54) is 19.3 Å². The van der Waals surface area contributed by atoms with Crippen LogP contribution in [0.5, 0.6) is 5.88 Å². The van der Waals surface area contributed by atoms with E-state index in [1.54, 1.807) is 13.4 Å². The number of aromatic nitrogens is 2. The molecule has 1 atom stereocenters. The maximum absolute atomic E-state index is 5.12. The van der Waals surface area contributed by atoms with Crippen LogP contribution in [0.25, 0.3) is 0 Å². The molecule has 1 aliphatic rings. The lowest BCUT2D eigenvalue weighted by atomic mass is 10.1. The molecule has 0 saturated heterocycles. The van der Waals surface area contributed by atoms with Gasteiger partial charge in [-0.25, -0.2) is 9.97 Å². The third kappa shape index (κ3) is 2.92. The Kier molecular flexibility index (Phi) is 3.72. The molecule has 0 bridgehead atoms. The van der Waals surface area contributed by atoms with Crippen molar-refractivity contribution in [3.05, 3.63) is 18.1 Å². The first-order valence-corrected chi connectivity index (χ1v) is 5.92. The second kappa shape index (κ2) is 5.25. The van der Waals surface area contributed by atoms with Crippen LogP contribution in [0, 0.1) is 5.92 Å². The molecule has 88 valence electrons. The highest BCUT2D eigenvalue weighted by molar-refractivity contribution is 5.16. The molecule has 1 fully saturated rings. The molecule has 4 heteroatoms. The third-order valence-corrected chi connectivity index (χ3v) is 2.95. The normalized spacial score (nSPS) is 17.1. The molecule has 2 rings (SSSR count). The summed E-state index contributed by atoms with van der Waals surface area (Å²) in [6.07, 6.45) is 5.48. The first-order valence-electron chi connectivity index (χ1n) is 5.92. The number of methoxy groups -OCH3 is 1. The molecule has 0 aliphatic heterocycles. The standard InChI is InChI=1S/C12H19N3O/c1-3-13-10(6-9-4-5-9)11-7-12(16-2)15-8-14-11/h7-10,13H,3-6H2,1-2H3. The molecule has 1 aromatic heterocycles. The minimum Gasteiger partial charge on any atom is -0.481 e. The molecule has 1 N–H and O–H groups in total. The van der Waals surface area contributed by atoms with Crippen molar-refractivity contribution >= 4 is 0 Å². The fourth-order valence-electron chi connectivity index (χ4n) is 1.90. The largest absolute Gasteiger partial charge is 0.481 e. The molecule has 1 heterocycles. The predicted molar refractivity (Wildman–Crippen MR) is 62.3 cm³/mol. The summed E-state index contributed by atoms with van der Waals surface area (Å²) >= 11 is 0. The van der Waals surface area contributed by atoms with Gasteiger partial charge in [0.1, 0.15) is 6.33 Å². The number of ether oxygens (including phenoxy) is 1. The van der Waals surface area contributed by atoms with Gasteiger partial charge in [0.05, 0.1) is 12.8 Å². The lowest BCUT2D eigenvalue weighted by Gasteiger charge is -2.17. The van der Waals surface area contributed by atoms with Gasteiger partial charge in [-0.2, -0.15) is 0 Å². The fourth-order valence-corrected chi connectivity index (χ4v) is 1.90. The van der Waals surface area contributed by atoms with Crippen molar-refractivity contribution < 1.29 is 4.74 Å². The Morgan fingerprint density at radius 2 is 2.31 bits per heavy atom. The molecule has 1 unspecified atom stereocenters. The predicted octanol–water partition coefficient (Wildman–Crippen LogP) is 1.94. The van der Waals surface area contributed by atoms with Crippen molar-refractivity contribution in [1.82, 2.24) is 15.3 Å². The highest BCUT2D eigenvalue weighted by atomic mass is 16.5. The fraction of sp³-hybridized carbons (Fsp3) is 0.667. The Bertz CT molecular complexity index is 339. The smallest absolute Gasteiger partial charge is 0.216 e. The van der Waals surface area contributed by atoms with Crippen LogP contribution in [0.3, 0.4) is 0 Å². The van der Waals surface area contributed by atoms with Gasteiger partial charge in [0.25, 0.3) is 0 Å². The van der Waals surface area contributed by atoms with E-state index in [4.69, 9.17) is 4.74 Å². The Hall–Kier alpha value is -1.16. The molecule has 1 saturated carbocycles. The lowest BCUT2D eigenvalue weighted by molar-refractivity contribution is 0.392. The zero-order chi connectivity index (χ0) is 11.4. The van der Waals surface area contributed by atoms with Crippen molar-refractivity contribution in [1.29, 1.82) is 0 Å². The zero-order valence-electron chi connectivity index (χ0n) is 9.94. The third-order valence-electron chi connectivity index (χ3n) is 2.95. The number of hydrogen-bond acceptors (Lipinski definition) is 4. The number of rotatable bonds is 6. The van der Waals surface area contributed by atoms with Crippen LogP contribution < -0.4 is 10.1 Å². The van der Waals surface area contributed by atoms with E-state index < -0.39 is 0 Å². The van der Waals surface area contributed by atoms with Gasteiger partial charge < -0.3 is 10.1 Å². The van der Waals surface area contributed by atoms with Gasteiger partial charge in [0, 0.05) is 12.1 Å². The molecule has 0 amide bonds. The summed E-state index contributed by atoms with van der Waals surface area (Å²) in [7, 11) is 1.63.